The van der Waals surface area contributed by atoms with Gasteiger partial charge in [0.05, 0.1) is 27.0 Å². The number of methoxy groups -OCH3 is 3. The van der Waals surface area contributed by atoms with E-state index in [2.05, 4.69) is 5.10 Å². The Morgan fingerprint density at radius 2 is 1.68 bits per heavy atom. The summed E-state index contributed by atoms with van der Waals surface area (Å²) in [5, 5.41) is 4.36. The maximum absolute atomic E-state index is 13.5. The van der Waals surface area contributed by atoms with Gasteiger partial charge in [-0.3, -0.25) is 9.48 Å². The zero-order valence-electron chi connectivity index (χ0n) is 18.0. The summed E-state index contributed by atoms with van der Waals surface area (Å²) in [6, 6.07) is 15.4. The third-order valence-corrected chi connectivity index (χ3v) is 6.56. The lowest BCUT2D eigenvalue weighted by atomic mass is 10.1. The van der Waals surface area contributed by atoms with Crippen molar-refractivity contribution in [3.63, 3.8) is 0 Å². The van der Waals surface area contributed by atoms with E-state index in [1.54, 1.807) is 50.9 Å². The van der Waals surface area contributed by atoms with Crippen LogP contribution in [0.3, 0.4) is 0 Å². The second-order valence-electron chi connectivity index (χ2n) is 7.08. The van der Waals surface area contributed by atoms with Gasteiger partial charge in [-0.2, -0.15) is 5.10 Å². The molecule has 1 aliphatic heterocycles. The number of carbonyl (C=O) groups is 1. The molecule has 1 unspecified atom stereocenters. The average Bonchev–Trinajstić information content (AvgIpc) is 3.45. The number of hydrogen-bond donors (Lipinski definition) is 0. The van der Waals surface area contributed by atoms with Gasteiger partial charge in [-0.25, -0.2) is 0 Å². The number of carbonyl (C=O) groups excluding carboxylic acids is 1. The summed E-state index contributed by atoms with van der Waals surface area (Å²) in [7, 11) is 6.60. The summed E-state index contributed by atoms with van der Waals surface area (Å²) in [5.41, 5.74) is 3.18. The van der Waals surface area contributed by atoms with Gasteiger partial charge in [0.15, 0.2) is 11.5 Å². The first-order valence-corrected chi connectivity index (χ1v) is 10.9. The SMILES string of the molecule is COc1cc(OC)c(C2SCCN2C(=O)c2cc(-c3ccccc3)nn2C)cc1OC. The largest absolute Gasteiger partial charge is 0.496 e. The van der Waals surface area contributed by atoms with E-state index in [0.29, 0.717) is 29.5 Å². The molecule has 0 radical (unpaired) electrons. The number of hydrogen-bond acceptors (Lipinski definition) is 6. The third kappa shape index (κ3) is 3.95. The minimum absolute atomic E-state index is 0.0657. The minimum Gasteiger partial charge on any atom is -0.496 e. The number of nitrogens with zero attached hydrogens (tertiary/aromatic N) is 3. The first kappa shape index (κ1) is 21.1. The maximum Gasteiger partial charge on any atom is 0.273 e. The van der Waals surface area contributed by atoms with Crippen molar-refractivity contribution >= 4 is 17.7 Å². The summed E-state index contributed by atoms with van der Waals surface area (Å²) < 4.78 is 18.1. The molecule has 0 aliphatic carbocycles. The standard InChI is InChI=1S/C23H25N3O4S/c1-25-18(13-17(24-25)15-8-6-5-7-9-15)22(27)26-10-11-31-23(26)16-12-20(29-3)21(30-4)14-19(16)28-2/h5-9,12-14,23H,10-11H2,1-4H3. The third-order valence-electron chi connectivity index (χ3n) is 5.32. The van der Waals surface area contributed by atoms with Crippen LogP contribution in [0.2, 0.25) is 0 Å². The Bertz CT molecular complexity index is 1080. The van der Waals surface area contributed by atoms with Crippen LogP contribution in [0.5, 0.6) is 17.2 Å². The van der Waals surface area contributed by atoms with Crippen molar-refractivity contribution in [3.8, 4) is 28.5 Å². The number of ether oxygens (including phenoxy) is 3. The second-order valence-corrected chi connectivity index (χ2v) is 8.26. The van der Waals surface area contributed by atoms with E-state index in [1.165, 1.54) is 0 Å². The molecule has 2 aromatic carbocycles. The fraction of sp³-hybridized carbons (Fsp3) is 0.304. The van der Waals surface area contributed by atoms with Crippen molar-refractivity contribution < 1.29 is 19.0 Å². The summed E-state index contributed by atoms with van der Waals surface area (Å²) in [6.45, 7) is 0.636. The molecule has 3 aromatic rings. The highest BCUT2D eigenvalue weighted by atomic mass is 32.2. The van der Waals surface area contributed by atoms with Crippen molar-refractivity contribution in [2.75, 3.05) is 33.6 Å². The van der Waals surface area contributed by atoms with Crippen LogP contribution in [-0.2, 0) is 7.05 Å². The normalized spacial score (nSPS) is 15.7. The zero-order chi connectivity index (χ0) is 22.0. The molecule has 4 rings (SSSR count). The van der Waals surface area contributed by atoms with Crippen molar-refractivity contribution in [1.82, 2.24) is 14.7 Å². The molecule has 0 bridgehead atoms. The van der Waals surface area contributed by atoms with E-state index < -0.39 is 0 Å². The number of aromatic nitrogens is 2. The molecule has 0 saturated carbocycles. The van der Waals surface area contributed by atoms with E-state index in [4.69, 9.17) is 14.2 Å². The van der Waals surface area contributed by atoms with Crippen LogP contribution in [0.15, 0.2) is 48.5 Å². The van der Waals surface area contributed by atoms with E-state index in [9.17, 15) is 4.79 Å². The van der Waals surface area contributed by atoms with Crippen molar-refractivity contribution in [3.05, 3.63) is 59.8 Å². The Morgan fingerprint density at radius 3 is 2.35 bits per heavy atom. The van der Waals surface area contributed by atoms with Gasteiger partial charge in [0, 0.05) is 36.5 Å². The smallest absolute Gasteiger partial charge is 0.273 e. The zero-order valence-corrected chi connectivity index (χ0v) is 18.8. The van der Waals surface area contributed by atoms with Crippen molar-refractivity contribution in [2.45, 2.75) is 5.37 Å². The highest BCUT2D eigenvalue weighted by Gasteiger charge is 2.35. The fourth-order valence-electron chi connectivity index (χ4n) is 3.75. The molecule has 1 fully saturated rings. The molecule has 8 heteroatoms. The lowest BCUT2D eigenvalue weighted by Gasteiger charge is -2.26. The number of thioether (sulfide) groups is 1. The second kappa shape index (κ2) is 8.93. The monoisotopic (exact) mass is 439 g/mol. The van der Waals surface area contributed by atoms with Crippen LogP contribution in [0.4, 0.5) is 0 Å². The fourth-order valence-corrected chi connectivity index (χ4v) is 5.02. The predicted molar refractivity (Wildman–Crippen MR) is 121 cm³/mol. The molecule has 1 atom stereocenters. The Kier molecular flexibility index (Phi) is 6.08. The van der Waals surface area contributed by atoms with Crippen molar-refractivity contribution in [2.24, 2.45) is 7.05 Å². The van der Waals surface area contributed by atoms with Gasteiger partial charge in [0.2, 0.25) is 0 Å². The van der Waals surface area contributed by atoms with Crippen LogP contribution >= 0.6 is 11.8 Å². The molecule has 1 aliphatic rings. The van der Waals surface area contributed by atoms with Crippen LogP contribution in [-0.4, -0.2) is 54.2 Å². The molecule has 1 aromatic heterocycles. The Labute approximate surface area is 185 Å². The van der Waals surface area contributed by atoms with Gasteiger partial charge in [-0.05, 0) is 12.1 Å². The Morgan fingerprint density at radius 1 is 1.00 bits per heavy atom. The van der Waals surface area contributed by atoms with Gasteiger partial charge in [-0.1, -0.05) is 30.3 Å². The molecule has 2 heterocycles. The van der Waals surface area contributed by atoms with Crippen LogP contribution in [0.25, 0.3) is 11.3 Å². The molecule has 0 N–H and O–H groups in total. The Balaban J connectivity index is 1.68. The summed E-state index contributed by atoms with van der Waals surface area (Å²) in [6.07, 6.45) is 0. The maximum atomic E-state index is 13.5. The summed E-state index contributed by atoms with van der Waals surface area (Å²) >= 11 is 1.70. The van der Waals surface area contributed by atoms with Gasteiger partial charge in [0.1, 0.15) is 16.8 Å². The topological polar surface area (TPSA) is 65.8 Å². The van der Waals surface area contributed by atoms with Gasteiger partial charge in [0.25, 0.3) is 5.91 Å². The van der Waals surface area contributed by atoms with Gasteiger partial charge >= 0.3 is 0 Å². The highest BCUT2D eigenvalue weighted by molar-refractivity contribution is 7.99. The lowest BCUT2D eigenvalue weighted by molar-refractivity contribution is 0.0748. The molecular weight excluding hydrogens is 414 g/mol. The molecule has 1 saturated heterocycles. The molecule has 0 spiro atoms. The first-order chi connectivity index (χ1) is 15.1. The van der Waals surface area contributed by atoms with E-state index >= 15 is 0 Å². The summed E-state index contributed by atoms with van der Waals surface area (Å²) in [4.78, 5) is 15.4. The Hall–Kier alpha value is -3.13. The highest BCUT2D eigenvalue weighted by Crippen LogP contribution is 2.46. The van der Waals surface area contributed by atoms with Crippen LogP contribution in [0.1, 0.15) is 21.4 Å². The number of aryl methyl sites for hydroxylation is 1. The number of benzene rings is 2. The lowest BCUT2D eigenvalue weighted by Crippen LogP contribution is -2.32. The van der Waals surface area contributed by atoms with Crippen LogP contribution in [0, 0.1) is 0 Å². The quantitative estimate of drug-likeness (QED) is 0.578. The number of rotatable bonds is 6. The summed E-state index contributed by atoms with van der Waals surface area (Å²) in [5.74, 6) is 2.61. The minimum atomic E-state index is -0.197. The van der Waals surface area contributed by atoms with Gasteiger partial charge in [-0.15, -0.1) is 11.8 Å². The van der Waals surface area contributed by atoms with E-state index in [-0.39, 0.29) is 11.3 Å². The average molecular weight is 440 g/mol. The predicted octanol–water partition coefficient (Wildman–Crippen LogP) is 4.00. The molecule has 1 amide bonds. The van der Waals surface area contributed by atoms with Gasteiger partial charge < -0.3 is 19.1 Å². The molecule has 162 valence electrons. The molecule has 31 heavy (non-hydrogen) atoms. The first-order valence-electron chi connectivity index (χ1n) is 9.89. The molecular formula is C23H25N3O4S. The van der Waals surface area contributed by atoms with Crippen molar-refractivity contribution in [1.29, 1.82) is 0 Å². The van der Waals surface area contributed by atoms with E-state index in [0.717, 1.165) is 22.6 Å². The number of amides is 1. The van der Waals surface area contributed by atoms with Crippen LogP contribution < -0.4 is 14.2 Å². The molecule has 7 nitrogen and oxygen atoms in total. The van der Waals surface area contributed by atoms with E-state index in [1.807, 2.05) is 47.4 Å².